The van der Waals surface area contributed by atoms with E-state index in [1.54, 1.807) is 0 Å². The van der Waals surface area contributed by atoms with Crippen molar-refractivity contribution in [1.82, 2.24) is 0 Å². The van der Waals surface area contributed by atoms with Crippen molar-refractivity contribution in [3.63, 3.8) is 0 Å². The summed E-state index contributed by atoms with van der Waals surface area (Å²) in [5.41, 5.74) is 4.71. The third-order valence-electron chi connectivity index (χ3n) is 4.19. The summed E-state index contributed by atoms with van der Waals surface area (Å²) in [4.78, 5) is 2.19. The summed E-state index contributed by atoms with van der Waals surface area (Å²) >= 11 is 0. The van der Waals surface area contributed by atoms with Crippen LogP contribution in [-0.4, -0.2) is 7.05 Å². The van der Waals surface area contributed by atoms with E-state index in [9.17, 15) is 0 Å². The van der Waals surface area contributed by atoms with Crippen molar-refractivity contribution in [2.75, 3.05) is 11.9 Å². The standard InChI is InChI=1S/C27H29N/c1-4-6-8-10-12-14-24-16-20-26(21-17-24)28(3)27-22-18-25(19-23-27)15-13-11-9-7-5-2/h4-23H,1-3H3/b6-4+,7-5+,10-8+,11-9+,14-12+,15-13+. The predicted molar refractivity (Wildman–Crippen MR) is 127 cm³/mol. The van der Waals surface area contributed by atoms with Crippen molar-refractivity contribution in [3.05, 3.63) is 120 Å². The van der Waals surface area contributed by atoms with Gasteiger partial charge in [0.15, 0.2) is 0 Å². The molecule has 1 nitrogen and oxygen atoms in total. The lowest BCUT2D eigenvalue weighted by atomic mass is 10.1. The predicted octanol–water partition coefficient (Wildman–Crippen LogP) is 7.75. The number of benzene rings is 2. The number of anilines is 2. The van der Waals surface area contributed by atoms with Crippen LogP contribution in [0.15, 0.2) is 109 Å². The molecular weight excluding hydrogens is 338 g/mol. The average molecular weight is 368 g/mol. The summed E-state index contributed by atoms with van der Waals surface area (Å²) in [6.07, 6.45) is 24.5. The van der Waals surface area contributed by atoms with E-state index in [0.717, 1.165) is 0 Å². The zero-order valence-electron chi connectivity index (χ0n) is 17.0. The SMILES string of the molecule is C/C=C/C=C/C=C/c1ccc(N(C)c2ccc(/C=C/C=C/C=C/C)cc2)cc1. The molecule has 0 amide bonds. The normalized spacial score (nSPS) is 12.7. The molecular formula is C27H29N. The zero-order chi connectivity index (χ0) is 20.0. The van der Waals surface area contributed by atoms with Crippen molar-refractivity contribution >= 4 is 23.5 Å². The molecule has 2 aromatic rings. The molecule has 2 aromatic carbocycles. The first-order valence-electron chi connectivity index (χ1n) is 9.60. The van der Waals surface area contributed by atoms with Gasteiger partial charge in [0.25, 0.3) is 0 Å². The molecule has 0 saturated heterocycles. The Morgan fingerprint density at radius 3 is 1.21 bits per heavy atom. The van der Waals surface area contributed by atoms with Crippen molar-refractivity contribution in [1.29, 1.82) is 0 Å². The van der Waals surface area contributed by atoms with E-state index >= 15 is 0 Å². The molecule has 0 aliphatic heterocycles. The largest absolute Gasteiger partial charge is 0.345 e. The Morgan fingerprint density at radius 2 is 0.857 bits per heavy atom. The van der Waals surface area contributed by atoms with Gasteiger partial charge in [0.2, 0.25) is 0 Å². The summed E-state index contributed by atoms with van der Waals surface area (Å²) in [7, 11) is 2.09. The molecule has 0 spiro atoms. The van der Waals surface area contributed by atoms with Crippen LogP contribution in [0.4, 0.5) is 11.4 Å². The second-order valence-corrected chi connectivity index (χ2v) is 6.28. The number of rotatable bonds is 8. The van der Waals surface area contributed by atoms with Crippen LogP contribution in [0.25, 0.3) is 12.2 Å². The van der Waals surface area contributed by atoms with Gasteiger partial charge in [-0.15, -0.1) is 0 Å². The van der Waals surface area contributed by atoms with E-state index in [1.165, 1.54) is 22.5 Å². The van der Waals surface area contributed by atoms with E-state index in [1.807, 2.05) is 62.5 Å². The number of hydrogen-bond donors (Lipinski definition) is 0. The van der Waals surface area contributed by atoms with Crippen LogP contribution < -0.4 is 4.90 Å². The van der Waals surface area contributed by atoms with Gasteiger partial charge in [0, 0.05) is 18.4 Å². The lowest BCUT2D eigenvalue weighted by molar-refractivity contribution is 1.21. The fourth-order valence-corrected chi connectivity index (χ4v) is 2.58. The van der Waals surface area contributed by atoms with Gasteiger partial charge in [-0.1, -0.05) is 97.2 Å². The Kier molecular flexibility index (Phi) is 9.10. The van der Waals surface area contributed by atoms with Gasteiger partial charge in [-0.25, -0.2) is 0 Å². The van der Waals surface area contributed by atoms with Crippen molar-refractivity contribution in [2.24, 2.45) is 0 Å². The van der Waals surface area contributed by atoms with Gasteiger partial charge in [-0.2, -0.15) is 0 Å². The number of nitrogens with zero attached hydrogens (tertiary/aromatic N) is 1. The van der Waals surface area contributed by atoms with Gasteiger partial charge >= 0.3 is 0 Å². The molecule has 0 aliphatic rings. The third kappa shape index (κ3) is 7.13. The van der Waals surface area contributed by atoms with Crippen molar-refractivity contribution in [3.8, 4) is 0 Å². The first-order valence-corrected chi connectivity index (χ1v) is 9.60. The lowest BCUT2D eigenvalue weighted by Gasteiger charge is -2.19. The molecule has 0 N–H and O–H groups in total. The summed E-state index contributed by atoms with van der Waals surface area (Å²) in [6, 6.07) is 17.1. The van der Waals surface area contributed by atoms with Gasteiger partial charge in [0.1, 0.15) is 0 Å². The van der Waals surface area contributed by atoms with Crippen LogP contribution in [0.5, 0.6) is 0 Å². The zero-order valence-corrected chi connectivity index (χ0v) is 17.0. The highest BCUT2D eigenvalue weighted by molar-refractivity contribution is 5.66. The molecule has 0 bridgehead atoms. The topological polar surface area (TPSA) is 3.24 Å². The maximum absolute atomic E-state index is 2.19. The Morgan fingerprint density at radius 1 is 0.500 bits per heavy atom. The molecule has 0 aromatic heterocycles. The average Bonchev–Trinajstić information content (AvgIpc) is 2.74. The quantitative estimate of drug-likeness (QED) is 0.431. The van der Waals surface area contributed by atoms with E-state index in [-0.39, 0.29) is 0 Å². The van der Waals surface area contributed by atoms with Crippen LogP contribution in [0, 0.1) is 0 Å². The smallest absolute Gasteiger partial charge is 0.0408 e. The van der Waals surface area contributed by atoms with Gasteiger partial charge < -0.3 is 4.90 Å². The van der Waals surface area contributed by atoms with E-state index in [2.05, 4.69) is 84.8 Å². The monoisotopic (exact) mass is 367 g/mol. The molecule has 0 saturated carbocycles. The maximum atomic E-state index is 2.19. The highest BCUT2D eigenvalue weighted by Crippen LogP contribution is 2.24. The van der Waals surface area contributed by atoms with Crippen molar-refractivity contribution < 1.29 is 0 Å². The van der Waals surface area contributed by atoms with Crippen LogP contribution >= 0.6 is 0 Å². The molecule has 2 rings (SSSR count). The highest BCUT2D eigenvalue weighted by atomic mass is 15.1. The summed E-state index contributed by atoms with van der Waals surface area (Å²) in [6.45, 7) is 4.02. The molecule has 1 heteroatoms. The minimum Gasteiger partial charge on any atom is -0.345 e. The second-order valence-electron chi connectivity index (χ2n) is 6.28. The van der Waals surface area contributed by atoms with E-state index < -0.39 is 0 Å². The molecule has 0 radical (unpaired) electrons. The molecule has 0 fully saturated rings. The fraction of sp³-hybridized carbons (Fsp3) is 0.111. The third-order valence-corrected chi connectivity index (χ3v) is 4.19. The Balaban J connectivity index is 2.00. The molecule has 28 heavy (non-hydrogen) atoms. The lowest BCUT2D eigenvalue weighted by Crippen LogP contribution is -2.08. The maximum Gasteiger partial charge on any atom is 0.0408 e. The van der Waals surface area contributed by atoms with Crippen LogP contribution in [0.3, 0.4) is 0 Å². The molecule has 142 valence electrons. The highest BCUT2D eigenvalue weighted by Gasteiger charge is 2.03. The van der Waals surface area contributed by atoms with Gasteiger partial charge in [0.05, 0.1) is 0 Å². The molecule has 0 aliphatic carbocycles. The first kappa shape index (κ1) is 21.0. The minimum atomic E-state index is 1.17. The molecule has 0 atom stereocenters. The van der Waals surface area contributed by atoms with Crippen molar-refractivity contribution in [2.45, 2.75) is 13.8 Å². The minimum absolute atomic E-state index is 1.17. The number of hydrogen-bond acceptors (Lipinski definition) is 1. The summed E-state index contributed by atoms with van der Waals surface area (Å²) < 4.78 is 0. The van der Waals surface area contributed by atoms with Crippen LogP contribution in [0.2, 0.25) is 0 Å². The van der Waals surface area contributed by atoms with Gasteiger partial charge in [-0.3, -0.25) is 0 Å². The van der Waals surface area contributed by atoms with Crippen LogP contribution in [-0.2, 0) is 0 Å². The Hall–Kier alpha value is -3.32. The summed E-state index contributed by atoms with van der Waals surface area (Å²) in [5.74, 6) is 0. The molecule has 0 unspecified atom stereocenters. The Labute approximate surface area is 170 Å². The first-order chi connectivity index (χ1) is 13.7. The Bertz CT molecular complexity index is 797. The second kappa shape index (κ2) is 12.1. The molecule has 0 heterocycles. The van der Waals surface area contributed by atoms with E-state index in [0.29, 0.717) is 0 Å². The fourth-order valence-electron chi connectivity index (χ4n) is 2.58. The number of allylic oxidation sites excluding steroid dienone is 10. The van der Waals surface area contributed by atoms with E-state index in [4.69, 9.17) is 0 Å². The summed E-state index contributed by atoms with van der Waals surface area (Å²) in [5, 5.41) is 0. The van der Waals surface area contributed by atoms with Gasteiger partial charge in [-0.05, 0) is 49.2 Å². The van der Waals surface area contributed by atoms with Crippen LogP contribution in [0.1, 0.15) is 25.0 Å².